The Labute approximate surface area is 169 Å². The van der Waals surface area contributed by atoms with Gasteiger partial charge in [-0.25, -0.2) is 0 Å². The number of amides is 1. The van der Waals surface area contributed by atoms with Crippen molar-refractivity contribution < 1.29 is 14.3 Å². The molecule has 2 atom stereocenters. The molecule has 4 heteroatoms. The summed E-state index contributed by atoms with van der Waals surface area (Å²) >= 11 is 0. The van der Waals surface area contributed by atoms with Gasteiger partial charge in [0.1, 0.15) is 11.5 Å². The summed E-state index contributed by atoms with van der Waals surface area (Å²) in [6.07, 6.45) is 0.948. The zero-order valence-corrected chi connectivity index (χ0v) is 17.9. The van der Waals surface area contributed by atoms with Crippen LogP contribution in [0.2, 0.25) is 0 Å². The van der Waals surface area contributed by atoms with Crippen molar-refractivity contribution in [2.45, 2.75) is 59.6 Å². The van der Waals surface area contributed by atoms with Gasteiger partial charge in [0.25, 0.3) is 5.91 Å². The second-order valence-electron chi connectivity index (χ2n) is 7.72. The van der Waals surface area contributed by atoms with Crippen LogP contribution in [0.1, 0.15) is 56.3 Å². The van der Waals surface area contributed by atoms with Crippen LogP contribution in [-0.4, -0.2) is 19.1 Å². The molecule has 1 amide bonds. The predicted octanol–water partition coefficient (Wildman–Crippen LogP) is 5.37. The van der Waals surface area contributed by atoms with Crippen LogP contribution in [0.15, 0.2) is 42.5 Å². The largest absolute Gasteiger partial charge is 0.497 e. The first-order chi connectivity index (χ1) is 13.3. The van der Waals surface area contributed by atoms with E-state index in [-0.39, 0.29) is 11.9 Å². The third-order valence-electron chi connectivity index (χ3n) is 4.96. The molecule has 1 N–H and O–H groups in total. The SMILES string of the molecule is CC[C@@H](Oc1ccc(C)c(C)c1)C(=O)N[C@@H](CC(C)C)c1ccc(OC)cc1. The highest BCUT2D eigenvalue weighted by atomic mass is 16.5. The molecule has 0 bridgehead atoms. The van der Waals surface area contributed by atoms with Crippen LogP contribution < -0.4 is 14.8 Å². The molecule has 0 aliphatic heterocycles. The monoisotopic (exact) mass is 383 g/mol. The number of hydrogen-bond donors (Lipinski definition) is 1. The summed E-state index contributed by atoms with van der Waals surface area (Å²) < 4.78 is 11.3. The Morgan fingerprint density at radius 3 is 2.18 bits per heavy atom. The molecule has 4 nitrogen and oxygen atoms in total. The second kappa shape index (κ2) is 10.2. The third kappa shape index (κ3) is 6.01. The maximum absolute atomic E-state index is 13.0. The van der Waals surface area contributed by atoms with Crippen LogP contribution in [0.4, 0.5) is 0 Å². The van der Waals surface area contributed by atoms with Gasteiger partial charge < -0.3 is 14.8 Å². The lowest BCUT2D eigenvalue weighted by Gasteiger charge is -2.25. The lowest BCUT2D eigenvalue weighted by Crippen LogP contribution is -2.40. The number of rotatable bonds is 9. The van der Waals surface area contributed by atoms with Crippen LogP contribution in [-0.2, 0) is 4.79 Å². The Balaban J connectivity index is 2.13. The minimum absolute atomic E-state index is 0.0594. The molecule has 0 unspecified atom stereocenters. The maximum Gasteiger partial charge on any atom is 0.261 e. The Morgan fingerprint density at radius 1 is 1.00 bits per heavy atom. The zero-order chi connectivity index (χ0) is 20.7. The summed E-state index contributed by atoms with van der Waals surface area (Å²) in [6.45, 7) is 10.4. The Kier molecular flexibility index (Phi) is 7.91. The smallest absolute Gasteiger partial charge is 0.261 e. The van der Waals surface area contributed by atoms with Crippen molar-refractivity contribution in [2.75, 3.05) is 7.11 Å². The lowest BCUT2D eigenvalue weighted by molar-refractivity contribution is -0.129. The molecule has 28 heavy (non-hydrogen) atoms. The number of benzene rings is 2. The second-order valence-corrected chi connectivity index (χ2v) is 7.72. The van der Waals surface area contributed by atoms with Crippen LogP contribution in [0, 0.1) is 19.8 Å². The molecule has 2 aromatic carbocycles. The summed E-state index contributed by atoms with van der Waals surface area (Å²) in [5.74, 6) is 1.91. The fourth-order valence-corrected chi connectivity index (χ4v) is 3.12. The zero-order valence-electron chi connectivity index (χ0n) is 17.9. The summed E-state index contributed by atoms with van der Waals surface area (Å²) in [6, 6.07) is 13.8. The van der Waals surface area contributed by atoms with E-state index in [1.165, 1.54) is 5.56 Å². The van der Waals surface area contributed by atoms with E-state index in [1.54, 1.807) is 7.11 Å². The van der Waals surface area contributed by atoms with Gasteiger partial charge >= 0.3 is 0 Å². The topological polar surface area (TPSA) is 47.6 Å². The van der Waals surface area contributed by atoms with Crippen molar-refractivity contribution in [1.82, 2.24) is 5.32 Å². The van der Waals surface area contributed by atoms with Gasteiger partial charge in [-0.3, -0.25) is 4.79 Å². The van der Waals surface area contributed by atoms with Crippen molar-refractivity contribution in [1.29, 1.82) is 0 Å². The highest BCUT2D eigenvalue weighted by Gasteiger charge is 2.23. The van der Waals surface area contributed by atoms with Gasteiger partial charge in [0.15, 0.2) is 6.10 Å². The van der Waals surface area contributed by atoms with Crippen LogP contribution >= 0.6 is 0 Å². The molecule has 2 rings (SSSR count). The lowest BCUT2D eigenvalue weighted by atomic mass is 9.96. The highest BCUT2D eigenvalue weighted by Crippen LogP contribution is 2.25. The number of methoxy groups -OCH3 is 1. The van der Waals surface area contributed by atoms with Crippen molar-refractivity contribution in [2.24, 2.45) is 5.92 Å². The van der Waals surface area contributed by atoms with Gasteiger partial charge in [-0.15, -0.1) is 0 Å². The molecule has 152 valence electrons. The molecule has 0 aromatic heterocycles. The average molecular weight is 384 g/mol. The van der Waals surface area contributed by atoms with Gasteiger partial charge in [0, 0.05) is 0 Å². The molecule has 0 aliphatic rings. The molecule has 0 saturated carbocycles. The normalized spacial score (nSPS) is 13.1. The number of carbonyl (C=O) groups is 1. The number of hydrogen-bond acceptors (Lipinski definition) is 3. The van der Waals surface area contributed by atoms with Crippen LogP contribution in [0.3, 0.4) is 0 Å². The summed E-state index contributed by atoms with van der Waals surface area (Å²) in [7, 11) is 1.65. The first-order valence-electron chi connectivity index (χ1n) is 10.0. The number of ether oxygens (including phenoxy) is 2. The van der Waals surface area contributed by atoms with Gasteiger partial charge in [-0.05, 0) is 73.6 Å². The van der Waals surface area contributed by atoms with Gasteiger partial charge in [-0.2, -0.15) is 0 Å². The van der Waals surface area contributed by atoms with E-state index >= 15 is 0 Å². The summed E-state index contributed by atoms with van der Waals surface area (Å²) in [5.41, 5.74) is 3.44. The predicted molar refractivity (Wildman–Crippen MR) is 114 cm³/mol. The minimum Gasteiger partial charge on any atom is -0.497 e. The van der Waals surface area contributed by atoms with Crippen molar-refractivity contribution in [3.05, 3.63) is 59.2 Å². The third-order valence-corrected chi connectivity index (χ3v) is 4.96. The van der Waals surface area contributed by atoms with Gasteiger partial charge in [-0.1, -0.05) is 39.0 Å². The standard InChI is InChI=1S/C24H33NO3/c1-7-23(28-21-11-8-17(4)18(5)15-21)24(26)25-22(14-16(2)3)19-9-12-20(27-6)13-10-19/h8-13,15-16,22-23H,7,14H2,1-6H3,(H,25,26)/t22-,23+/m0/s1. The number of carbonyl (C=O) groups excluding carboxylic acids is 1. The number of nitrogens with one attached hydrogen (secondary N) is 1. The van der Waals surface area contributed by atoms with Crippen molar-refractivity contribution >= 4 is 5.91 Å². The van der Waals surface area contributed by atoms with E-state index in [1.807, 2.05) is 56.3 Å². The molecule has 0 spiro atoms. The maximum atomic E-state index is 13.0. The van der Waals surface area contributed by atoms with Gasteiger partial charge in [0.2, 0.25) is 0 Å². The Bertz CT molecular complexity index is 768. The average Bonchev–Trinajstić information content (AvgIpc) is 2.67. The van der Waals surface area contributed by atoms with E-state index < -0.39 is 6.10 Å². The molecule has 2 aromatic rings. The van der Waals surface area contributed by atoms with Crippen LogP contribution in [0.5, 0.6) is 11.5 Å². The number of aryl methyl sites for hydroxylation is 2. The Hall–Kier alpha value is -2.49. The Morgan fingerprint density at radius 2 is 1.64 bits per heavy atom. The summed E-state index contributed by atoms with van der Waals surface area (Å²) in [4.78, 5) is 13.0. The molecule has 0 aliphatic carbocycles. The van der Waals surface area contributed by atoms with E-state index in [2.05, 4.69) is 26.1 Å². The minimum atomic E-state index is -0.519. The van der Waals surface area contributed by atoms with E-state index in [4.69, 9.17) is 9.47 Å². The molecule has 0 saturated heterocycles. The van der Waals surface area contributed by atoms with E-state index in [0.29, 0.717) is 12.3 Å². The van der Waals surface area contributed by atoms with E-state index in [0.717, 1.165) is 29.0 Å². The quantitative estimate of drug-likeness (QED) is 0.633. The molecule has 0 heterocycles. The molecular formula is C24H33NO3. The fourth-order valence-electron chi connectivity index (χ4n) is 3.12. The first kappa shape index (κ1) is 21.8. The summed E-state index contributed by atoms with van der Waals surface area (Å²) in [5, 5.41) is 3.19. The van der Waals surface area contributed by atoms with Crippen LogP contribution in [0.25, 0.3) is 0 Å². The fraction of sp³-hybridized carbons (Fsp3) is 0.458. The molecule has 0 fully saturated rings. The first-order valence-corrected chi connectivity index (χ1v) is 10.0. The van der Waals surface area contributed by atoms with Crippen molar-refractivity contribution in [3.63, 3.8) is 0 Å². The molecule has 0 radical (unpaired) electrons. The molecular weight excluding hydrogens is 350 g/mol. The van der Waals surface area contributed by atoms with Gasteiger partial charge in [0.05, 0.1) is 13.2 Å². The van der Waals surface area contributed by atoms with E-state index in [9.17, 15) is 4.79 Å². The van der Waals surface area contributed by atoms with Crippen molar-refractivity contribution in [3.8, 4) is 11.5 Å². The highest BCUT2D eigenvalue weighted by molar-refractivity contribution is 5.81.